The van der Waals surface area contributed by atoms with Gasteiger partial charge in [0.25, 0.3) is 5.91 Å². The Kier molecular flexibility index (Phi) is 5.00. The van der Waals surface area contributed by atoms with Gasteiger partial charge in [0, 0.05) is 22.7 Å². The molecule has 0 fully saturated rings. The fourth-order valence-electron chi connectivity index (χ4n) is 3.03. The molecule has 3 rings (SSSR count). The van der Waals surface area contributed by atoms with Crippen LogP contribution in [0.3, 0.4) is 0 Å². The molecule has 0 spiro atoms. The van der Waals surface area contributed by atoms with Crippen molar-refractivity contribution in [1.29, 1.82) is 0 Å². The van der Waals surface area contributed by atoms with Gasteiger partial charge in [0.1, 0.15) is 5.75 Å². The van der Waals surface area contributed by atoms with Crippen molar-refractivity contribution in [2.75, 3.05) is 0 Å². The molecule has 0 saturated heterocycles. The molecule has 1 aromatic heterocycles. The van der Waals surface area contributed by atoms with Crippen molar-refractivity contribution in [3.8, 4) is 11.5 Å². The van der Waals surface area contributed by atoms with Crippen LogP contribution in [0, 0.1) is 12.7 Å². The Bertz CT molecular complexity index is 1070. The van der Waals surface area contributed by atoms with E-state index >= 15 is 0 Å². The van der Waals surface area contributed by atoms with Crippen LogP contribution >= 0.6 is 0 Å². The highest BCUT2D eigenvalue weighted by Gasteiger charge is 2.23. The van der Waals surface area contributed by atoms with Crippen molar-refractivity contribution in [2.24, 2.45) is 0 Å². The first-order chi connectivity index (χ1) is 13.2. The molecular weight excluding hydrogens is 379 g/mol. The van der Waals surface area contributed by atoms with Crippen molar-refractivity contribution in [3.05, 3.63) is 59.0 Å². The summed E-state index contributed by atoms with van der Waals surface area (Å²) in [6.07, 6.45) is -0.436. The quantitative estimate of drug-likeness (QED) is 0.690. The first kappa shape index (κ1) is 19.3. The summed E-state index contributed by atoms with van der Waals surface area (Å²) in [5.74, 6) is -3.55. The summed E-state index contributed by atoms with van der Waals surface area (Å²) in [6, 6.07) is 6.91. The standard InChI is InChI=1S/C19H14F3NO5/c1-9-12(7-17(25)26)13-6-16(24)14(20)8-15(13)23(9)18(27)10-2-4-11(5-3-10)28-19(21)22/h2-6,8,19,24H,7H2,1H3,(H,25,26). The van der Waals surface area contributed by atoms with Crippen LogP contribution in [0.1, 0.15) is 21.6 Å². The van der Waals surface area contributed by atoms with Crippen LogP contribution in [0.4, 0.5) is 13.2 Å². The highest BCUT2D eigenvalue weighted by Crippen LogP contribution is 2.32. The largest absolute Gasteiger partial charge is 0.505 e. The fourth-order valence-corrected chi connectivity index (χ4v) is 3.03. The van der Waals surface area contributed by atoms with Crippen LogP contribution < -0.4 is 4.74 Å². The highest BCUT2D eigenvalue weighted by molar-refractivity contribution is 6.05. The van der Waals surface area contributed by atoms with Gasteiger partial charge in [0.15, 0.2) is 11.6 Å². The summed E-state index contributed by atoms with van der Waals surface area (Å²) in [7, 11) is 0. The van der Waals surface area contributed by atoms with Gasteiger partial charge >= 0.3 is 12.6 Å². The zero-order valence-corrected chi connectivity index (χ0v) is 14.4. The number of ether oxygens (including phenoxy) is 1. The van der Waals surface area contributed by atoms with Gasteiger partial charge < -0.3 is 14.9 Å². The minimum Gasteiger partial charge on any atom is -0.505 e. The second-order valence-electron chi connectivity index (χ2n) is 6.00. The van der Waals surface area contributed by atoms with E-state index < -0.39 is 36.5 Å². The van der Waals surface area contributed by atoms with Crippen molar-refractivity contribution in [1.82, 2.24) is 4.57 Å². The molecule has 0 amide bonds. The number of halogens is 3. The van der Waals surface area contributed by atoms with Crippen LogP contribution in [0.15, 0.2) is 36.4 Å². The second-order valence-corrected chi connectivity index (χ2v) is 6.00. The van der Waals surface area contributed by atoms with E-state index in [2.05, 4.69) is 4.74 Å². The molecule has 0 saturated carbocycles. The smallest absolute Gasteiger partial charge is 0.387 e. The van der Waals surface area contributed by atoms with Crippen molar-refractivity contribution in [3.63, 3.8) is 0 Å². The summed E-state index contributed by atoms with van der Waals surface area (Å²) in [5.41, 5.74) is 0.697. The first-order valence-electron chi connectivity index (χ1n) is 8.02. The van der Waals surface area contributed by atoms with E-state index in [1.165, 1.54) is 31.2 Å². The number of fused-ring (bicyclic) bond motifs is 1. The number of phenols is 1. The van der Waals surface area contributed by atoms with Gasteiger partial charge in [0.2, 0.25) is 0 Å². The minimum atomic E-state index is -3.01. The molecule has 0 atom stereocenters. The number of carbonyl (C=O) groups excluding carboxylic acids is 1. The number of aliphatic carboxylic acids is 1. The second kappa shape index (κ2) is 7.26. The van der Waals surface area contributed by atoms with Crippen LogP contribution in [-0.4, -0.2) is 33.3 Å². The van der Waals surface area contributed by atoms with Gasteiger partial charge in [-0.05, 0) is 42.8 Å². The SMILES string of the molecule is Cc1c(CC(=O)O)c2cc(O)c(F)cc2n1C(=O)c1ccc(OC(F)F)cc1. The van der Waals surface area contributed by atoms with Crippen molar-refractivity contribution < 1.29 is 37.7 Å². The van der Waals surface area contributed by atoms with Crippen LogP contribution in [0.25, 0.3) is 10.9 Å². The Morgan fingerprint density at radius 2 is 1.82 bits per heavy atom. The number of rotatable bonds is 5. The van der Waals surface area contributed by atoms with Crippen LogP contribution in [0.5, 0.6) is 11.5 Å². The van der Waals surface area contributed by atoms with Gasteiger partial charge in [-0.25, -0.2) is 4.39 Å². The van der Waals surface area contributed by atoms with Gasteiger partial charge in [0.05, 0.1) is 11.9 Å². The molecule has 146 valence electrons. The maximum absolute atomic E-state index is 13.9. The lowest BCUT2D eigenvalue weighted by atomic mass is 10.1. The lowest BCUT2D eigenvalue weighted by Crippen LogP contribution is -2.14. The number of aromatic hydroxyl groups is 1. The van der Waals surface area contributed by atoms with E-state index in [0.717, 1.165) is 16.7 Å². The Balaban J connectivity index is 2.13. The topological polar surface area (TPSA) is 88.8 Å². The van der Waals surface area contributed by atoms with Gasteiger partial charge in [-0.2, -0.15) is 8.78 Å². The summed E-state index contributed by atoms with van der Waals surface area (Å²) in [5, 5.41) is 19.0. The molecule has 6 nitrogen and oxygen atoms in total. The molecule has 3 aromatic rings. The van der Waals surface area contributed by atoms with Crippen molar-refractivity contribution >= 4 is 22.8 Å². The lowest BCUT2D eigenvalue weighted by Gasteiger charge is -2.09. The third-order valence-corrected chi connectivity index (χ3v) is 4.26. The molecular formula is C19H14F3NO5. The molecule has 0 unspecified atom stereocenters. The average Bonchev–Trinajstić information content (AvgIpc) is 2.86. The number of carbonyl (C=O) groups is 2. The highest BCUT2D eigenvalue weighted by atomic mass is 19.3. The van der Waals surface area contributed by atoms with E-state index in [4.69, 9.17) is 5.11 Å². The Morgan fingerprint density at radius 3 is 2.39 bits per heavy atom. The number of carboxylic acid groups (broad SMARTS) is 1. The Morgan fingerprint density at radius 1 is 1.18 bits per heavy atom. The van der Waals surface area contributed by atoms with E-state index in [-0.39, 0.29) is 33.5 Å². The monoisotopic (exact) mass is 393 g/mol. The molecule has 0 bridgehead atoms. The maximum Gasteiger partial charge on any atom is 0.387 e. The van der Waals surface area contributed by atoms with Gasteiger partial charge in [-0.15, -0.1) is 0 Å². The lowest BCUT2D eigenvalue weighted by molar-refractivity contribution is -0.136. The normalized spacial score (nSPS) is 11.2. The number of carboxylic acids is 1. The zero-order valence-electron chi connectivity index (χ0n) is 14.4. The molecule has 0 radical (unpaired) electrons. The number of aromatic nitrogens is 1. The molecule has 2 N–H and O–H groups in total. The molecule has 0 aliphatic heterocycles. The average molecular weight is 393 g/mol. The predicted molar refractivity (Wildman–Crippen MR) is 92.4 cm³/mol. The number of nitrogens with zero attached hydrogens (tertiary/aromatic N) is 1. The van der Waals surface area contributed by atoms with Gasteiger partial charge in [-0.3, -0.25) is 14.2 Å². The van der Waals surface area contributed by atoms with Crippen molar-refractivity contribution in [2.45, 2.75) is 20.0 Å². The third-order valence-electron chi connectivity index (χ3n) is 4.26. The van der Waals surface area contributed by atoms with E-state index in [0.29, 0.717) is 0 Å². The molecule has 1 heterocycles. The summed E-state index contributed by atoms with van der Waals surface area (Å²) < 4.78 is 43.8. The third kappa shape index (κ3) is 3.51. The maximum atomic E-state index is 13.9. The summed E-state index contributed by atoms with van der Waals surface area (Å²) in [4.78, 5) is 24.1. The van der Waals surface area contributed by atoms with E-state index in [1.54, 1.807) is 0 Å². The molecule has 2 aromatic carbocycles. The van der Waals surface area contributed by atoms with Gasteiger partial charge in [-0.1, -0.05) is 0 Å². The number of hydrogen-bond donors (Lipinski definition) is 2. The first-order valence-corrected chi connectivity index (χ1v) is 8.02. The number of hydrogen-bond acceptors (Lipinski definition) is 4. The predicted octanol–water partition coefficient (Wildman–Crippen LogP) is 3.71. The number of alkyl halides is 2. The van der Waals surface area contributed by atoms with Crippen LogP contribution in [-0.2, 0) is 11.2 Å². The Hall–Kier alpha value is -3.49. The molecule has 0 aliphatic rings. The van der Waals surface area contributed by atoms with Crippen LogP contribution in [0.2, 0.25) is 0 Å². The van der Waals surface area contributed by atoms with E-state index in [1.807, 2.05) is 0 Å². The Labute approximate surface area is 156 Å². The summed E-state index contributed by atoms with van der Waals surface area (Å²) in [6.45, 7) is -1.51. The number of phenolic OH excluding ortho intramolecular Hbond substituents is 1. The number of benzene rings is 2. The zero-order chi connectivity index (χ0) is 20.6. The fraction of sp³-hybridized carbons (Fsp3) is 0.158. The molecule has 0 aliphatic carbocycles. The minimum absolute atomic E-state index is 0.0851. The van der Waals surface area contributed by atoms with E-state index in [9.17, 15) is 27.9 Å². The summed E-state index contributed by atoms with van der Waals surface area (Å²) >= 11 is 0. The molecule has 28 heavy (non-hydrogen) atoms. The molecule has 9 heteroatoms.